The van der Waals surface area contributed by atoms with E-state index in [4.69, 9.17) is 16.0 Å². The van der Waals surface area contributed by atoms with Gasteiger partial charge < -0.3 is 14.4 Å². The van der Waals surface area contributed by atoms with Gasteiger partial charge in [0.1, 0.15) is 5.58 Å². The number of hydrogen-bond acceptors (Lipinski definition) is 9. The molecule has 1 N–H and O–H groups in total. The summed E-state index contributed by atoms with van der Waals surface area (Å²) in [5, 5.41) is 21.3. The molecule has 206 valence electrons. The molecule has 11 heteroatoms. The van der Waals surface area contributed by atoms with Gasteiger partial charge in [0.15, 0.2) is 15.9 Å². The molecule has 1 aliphatic rings. The minimum Gasteiger partial charge on any atom is -0.503 e. The van der Waals surface area contributed by atoms with Crippen molar-refractivity contribution in [2.24, 2.45) is 0 Å². The summed E-state index contributed by atoms with van der Waals surface area (Å²) in [5.41, 5.74) is 3.11. The summed E-state index contributed by atoms with van der Waals surface area (Å²) in [6.07, 6.45) is 0. The van der Waals surface area contributed by atoms with Crippen LogP contribution >= 0.6 is 34.7 Å². The first-order chi connectivity index (χ1) is 19.8. The lowest BCUT2D eigenvalue weighted by molar-refractivity contribution is -0.117. The van der Waals surface area contributed by atoms with Gasteiger partial charge in [-0.2, -0.15) is 0 Å². The van der Waals surface area contributed by atoms with Crippen LogP contribution in [-0.2, 0) is 10.5 Å². The predicted molar refractivity (Wildman–Crippen MR) is 162 cm³/mol. The van der Waals surface area contributed by atoms with Crippen LogP contribution in [0, 0.1) is 0 Å². The van der Waals surface area contributed by atoms with Crippen LogP contribution in [0.15, 0.2) is 99.0 Å². The van der Waals surface area contributed by atoms with E-state index in [1.54, 1.807) is 12.1 Å². The van der Waals surface area contributed by atoms with Crippen LogP contribution in [0.25, 0.3) is 11.0 Å². The molecule has 3 aromatic carbocycles. The second-order valence-corrected chi connectivity index (χ2v) is 12.2. The number of carbonyl (C=O) groups is 2. The number of para-hydroxylation sites is 1. The van der Waals surface area contributed by atoms with Crippen LogP contribution < -0.4 is 9.80 Å². The number of furan rings is 1. The number of thioether (sulfide) groups is 1. The second-order valence-electron chi connectivity index (χ2n) is 9.57. The van der Waals surface area contributed by atoms with Gasteiger partial charge in [0.05, 0.1) is 11.6 Å². The van der Waals surface area contributed by atoms with Gasteiger partial charge in [-0.3, -0.25) is 14.5 Å². The van der Waals surface area contributed by atoms with E-state index in [9.17, 15) is 14.7 Å². The van der Waals surface area contributed by atoms with Gasteiger partial charge in [0.25, 0.3) is 5.91 Å². The molecule has 5 aromatic rings. The number of rotatable bonds is 8. The Labute approximate surface area is 248 Å². The van der Waals surface area contributed by atoms with E-state index in [1.807, 2.05) is 85.7 Å². The highest BCUT2D eigenvalue weighted by Gasteiger charge is 2.46. The Hall–Kier alpha value is -4.12. The first kappa shape index (κ1) is 27.1. The molecule has 2 aromatic heterocycles. The van der Waals surface area contributed by atoms with Crippen LogP contribution in [0.3, 0.4) is 0 Å². The van der Waals surface area contributed by atoms with Crippen molar-refractivity contribution in [3.05, 3.63) is 112 Å². The predicted octanol–water partition coefficient (Wildman–Crippen LogP) is 7.08. The number of Topliss-reactive ketones (excluding diaryl/α,β-unsaturated/α-hetero) is 1. The number of aromatic nitrogens is 2. The van der Waals surface area contributed by atoms with E-state index >= 15 is 0 Å². The number of fused-ring (bicyclic) bond motifs is 1. The van der Waals surface area contributed by atoms with Crippen molar-refractivity contribution in [2.45, 2.75) is 16.1 Å². The highest BCUT2D eigenvalue weighted by molar-refractivity contribution is 8.00. The van der Waals surface area contributed by atoms with Crippen molar-refractivity contribution < 1.29 is 19.1 Å². The van der Waals surface area contributed by atoms with Crippen LogP contribution in [-0.4, -0.2) is 41.1 Å². The molecule has 0 bridgehead atoms. The maximum absolute atomic E-state index is 13.9. The zero-order valence-corrected chi connectivity index (χ0v) is 24.3. The van der Waals surface area contributed by atoms with E-state index in [0.717, 1.165) is 16.6 Å². The molecule has 41 heavy (non-hydrogen) atoms. The second kappa shape index (κ2) is 11.0. The van der Waals surface area contributed by atoms with Crippen molar-refractivity contribution in [2.75, 3.05) is 23.9 Å². The summed E-state index contributed by atoms with van der Waals surface area (Å²) in [4.78, 5) is 30.7. The number of amides is 1. The Morgan fingerprint density at radius 1 is 1.07 bits per heavy atom. The van der Waals surface area contributed by atoms with Crippen molar-refractivity contribution >= 4 is 68.2 Å². The molecule has 1 aliphatic heterocycles. The Balaban J connectivity index is 1.36. The van der Waals surface area contributed by atoms with E-state index in [0.29, 0.717) is 26.3 Å². The zero-order chi connectivity index (χ0) is 28.7. The Morgan fingerprint density at radius 2 is 1.80 bits per heavy atom. The number of carbonyl (C=O) groups excluding carboxylic acids is 2. The molecular formula is C30H23ClN4O4S2. The average Bonchev–Trinajstić information content (AvgIpc) is 3.69. The molecule has 0 saturated heterocycles. The smallest absolute Gasteiger partial charge is 0.296 e. The Bertz CT molecular complexity index is 1760. The molecule has 6 rings (SSSR count). The van der Waals surface area contributed by atoms with Gasteiger partial charge in [-0.15, -0.1) is 10.2 Å². The fraction of sp³-hybridized carbons (Fsp3) is 0.133. The van der Waals surface area contributed by atoms with Gasteiger partial charge in [0.2, 0.25) is 10.9 Å². The largest absolute Gasteiger partial charge is 0.503 e. The fourth-order valence-corrected chi connectivity index (χ4v) is 6.56. The first-order valence-electron chi connectivity index (χ1n) is 12.6. The van der Waals surface area contributed by atoms with Crippen LogP contribution in [0.1, 0.15) is 27.7 Å². The number of nitrogens with zero attached hydrogens (tertiary/aromatic N) is 4. The van der Waals surface area contributed by atoms with Gasteiger partial charge in [-0.25, -0.2) is 0 Å². The number of aliphatic hydroxyl groups is 1. The van der Waals surface area contributed by atoms with Crippen molar-refractivity contribution in [3.8, 4) is 0 Å². The highest BCUT2D eigenvalue weighted by atomic mass is 35.5. The van der Waals surface area contributed by atoms with Gasteiger partial charge in [-0.1, -0.05) is 77.2 Å². The lowest BCUT2D eigenvalue weighted by Crippen LogP contribution is -2.31. The summed E-state index contributed by atoms with van der Waals surface area (Å²) in [7, 11) is 3.85. The molecule has 0 spiro atoms. The van der Waals surface area contributed by atoms with Crippen molar-refractivity contribution in [1.29, 1.82) is 0 Å². The Kier molecular flexibility index (Phi) is 7.29. The molecule has 0 fully saturated rings. The maximum Gasteiger partial charge on any atom is 0.296 e. The standard InChI is InChI=1S/C30H23ClN4O4S2/c1-34(2)21-13-9-18(10-14-21)25-24(26(36)23-15-19-5-3-4-6-22(19)39-23)27(37)28(38)35(25)29-32-33-30(41-29)40-16-17-7-11-20(31)12-8-17/h3-15,25,37H,16H2,1-2H3/t25-/m0/s1. The van der Waals surface area contributed by atoms with E-state index in [-0.39, 0.29) is 16.5 Å². The summed E-state index contributed by atoms with van der Waals surface area (Å²) in [5.74, 6) is -1.26. The van der Waals surface area contributed by atoms with Crippen molar-refractivity contribution in [1.82, 2.24) is 10.2 Å². The molecule has 1 atom stereocenters. The van der Waals surface area contributed by atoms with Gasteiger partial charge in [-0.05, 0) is 47.5 Å². The van der Waals surface area contributed by atoms with E-state index < -0.39 is 23.5 Å². The molecule has 0 unspecified atom stereocenters. The van der Waals surface area contributed by atoms with E-state index in [2.05, 4.69) is 10.2 Å². The number of anilines is 2. The molecule has 3 heterocycles. The molecule has 8 nitrogen and oxygen atoms in total. The molecule has 0 aliphatic carbocycles. The van der Waals surface area contributed by atoms with Gasteiger partial charge in [0, 0.05) is 35.9 Å². The topological polar surface area (TPSA) is 99.8 Å². The normalized spacial score (nSPS) is 15.2. The summed E-state index contributed by atoms with van der Waals surface area (Å²) in [6.45, 7) is 0. The quantitative estimate of drug-likeness (QED) is 0.114. The van der Waals surface area contributed by atoms with Crippen LogP contribution in [0.5, 0.6) is 0 Å². The number of aliphatic hydroxyl groups excluding tert-OH is 1. The van der Waals surface area contributed by atoms with Gasteiger partial charge >= 0.3 is 0 Å². The lowest BCUT2D eigenvalue weighted by atomic mass is 9.95. The lowest BCUT2D eigenvalue weighted by Gasteiger charge is -2.24. The molecular weight excluding hydrogens is 580 g/mol. The summed E-state index contributed by atoms with van der Waals surface area (Å²) in [6, 6.07) is 22.9. The number of benzene rings is 3. The number of ketones is 1. The third-order valence-corrected chi connectivity index (χ3v) is 9.08. The Morgan fingerprint density at radius 3 is 2.51 bits per heavy atom. The third kappa shape index (κ3) is 5.21. The molecule has 1 amide bonds. The monoisotopic (exact) mass is 602 g/mol. The average molecular weight is 603 g/mol. The summed E-state index contributed by atoms with van der Waals surface area (Å²) >= 11 is 8.68. The van der Waals surface area contributed by atoms with Crippen LogP contribution in [0.2, 0.25) is 5.02 Å². The maximum atomic E-state index is 13.9. The minimum atomic E-state index is -0.929. The highest BCUT2D eigenvalue weighted by Crippen LogP contribution is 2.44. The molecule has 0 radical (unpaired) electrons. The number of halogens is 1. The van der Waals surface area contributed by atoms with Crippen LogP contribution in [0.4, 0.5) is 10.8 Å². The minimum absolute atomic E-state index is 0.0359. The first-order valence-corrected chi connectivity index (χ1v) is 14.8. The zero-order valence-electron chi connectivity index (χ0n) is 21.9. The third-order valence-electron chi connectivity index (χ3n) is 6.70. The SMILES string of the molecule is CN(C)c1ccc([C@H]2C(C(=O)c3cc4ccccc4o3)=C(O)C(=O)N2c2nnc(SCc3ccc(Cl)cc3)s2)cc1. The van der Waals surface area contributed by atoms with Crippen molar-refractivity contribution in [3.63, 3.8) is 0 Å². The number of hydrogen-bond donors (Lipinski definition) is 1. The van der Waals surface area contributed by atoms with E-state index in [1.165, 1.54) is 28.0 Å². The molecule has 0 saturated carbocycles. The summed E-state index contributed by atoms with van der Waals surface area (Å²) < 4.78 is 6.46. The fourth-order valence-electron chi connectivity index (χ4n) is 4.62.